The molecule has 19 heavy (non-hydrogen) atoms. The molecular formula is C13H15N6+. The molecule has 0 saturated heterocycles. The van der Waals surface area contributed by atoms with Crippen molar-refractivity contribution in [2.45, 2.75) is 20.3 Å². The quantitative estimate of drug-likeness (QED) is 0.851. The standard InChI is InChI=1S/C13H14N6/c1-3-19(4-2)13-11(8-16)9(5-6-14)10(7-15)12(17)18-13/h3-5H2,1-2H3,(H2,17,18)/p+1. The summed E-state index contributed by atoms with van der Waals surface area (Å²) in [6.45, 7) is 5.30. The molecule has 1 aromatic rings. The average Bonchev–Trinajstić information content (AvgIpc) is 2.41. The van der Waals surface area contributed by atoms with E-state index < -0.39 is 0 Å². The lowest BCUT2D eigenvalue weighted by molar-refractivity contribution is -0.346. The first-order chi connectivity index (χ1) is 9.14. The lowest BCUT2D eigenvalue weighted by Gasteiger charge is -2.18. The number of nitrogens with zero attached hydrogens (tertiary/aromatic N) is 4. The largest absolute Gasteiger partial charge is 0.318 e. The van der Waals surface area contributed by atoms with E-state index in [1.54, 1.807) is 0 Å². The fraction of sp³-hybridized carbons (Fsp3) is 0.385. The molecule has 1 heterocycles. The van der Waals surface area contributed by atoms with Gasteiger partial charge in [0.15, 0.2) is 0 Å². The number of hydrogen-bond donors (Lipinski definition) is 1. The van der Waals surface area contributed by atoms with Gasteiger partial charge in [0.2, 0.25) is 11.6 Å². The summed E-state index contributed by atoms with van der Waals surface area (Å²) < 4.78 is 0. The number of nitrogens with one attached hydrogen (secondary N) is 1. The third-order valence-electron chi connectivity index (χ3n) is 2.92. The van der Waals surface area contributed by atoms with Crippen LogP contribution in [-0.4, -0.2) is 13.1 Å². The van der Waals surface area contributed by atoms with E-state index in [1.807, 2.05) is 30.9 Å². The number of nitriles is 3. The van der Waals surface area contributed by atoms with Gasteiger partial charge in [-0.05, 0) is 13.8 Å². The maximum Gasteiger partial charge on any atom is 0.240 e. The fourth-order valence-corrected chi connectivity index (χ4v) is 1.96. The molecule has 0 saturated carbocycles. The van der Waals surface area contributed by atoms with Crippen molar-refractivity contribution in [2.24, 2.45) is 0 Å². The van der Waals surface area contributed by atoms with E-state index >= 15 is 0 Å². The Kier molecular flexibility index (Phi) is 4.69. The van der Waals surface area contributed by atoms with E-state index in [2.05, 4.69) is 11.1 Å². The lowest BCUT2D eigenvalue weighted by atomic mass is 10.0. The van der Waals surface area contributed by atoms with Crippen molar-refractivity contribution in [1.82, 2.24) is 0 Å². The summed E-state index contributed by atoms with van der Waals surface area (Å²) in [6, 6.07) is 5.99. The average molecular weight is 255 g/mol. The molecule has 96 valence electrons. The Morgan fingerprint density at radius 1 is 1.11 bits per heavy atom. The van der Waals surface area contributed by atoms with Gasteiger partial charge in [0.05, 0.1) is 25.6 Å². The van der Waals surface area contributed by atoms with Gasteiger partial charge in [0.25, 0.3) is 0 Å². The Labute approximate surface area is 112 Å². The Hall–Kier alpha value is -2.78. The Bertz CT molecular complexity index is 596. The van der Waals surface area contributed by atoms with E-state index in [9.17, 15) is 5.26 Å². The zero-order valence-corrected chi connectivity index (χ0v) is 11.0. The van der Waals surface area contributed by atoms with Crippen molar-refractivity contribution in [3.63, 3.8) is 0 Å². The normalized spacial score (nSPS) is 9.21. The molecule has 0 radical (unpaired) electrons. The Morgan fingerprint density at radius 3 is 2.11 bits per heavy atom. The lowest BCUT2D eigenvalue weighted by Crippen LogP contribution is -2.32. The molecule has 0 unspecified atom stereocenters. The molecule has 0 aliphatic carbocycles. The van der Waals surface area contributed by atoms with Gasteiger partial charge in [-0.15, -0.1) is 0 Å². The minimum absolute atomic E-state index is 0.0149. The van der Waals surface area contributed by atoms with Crippen LogP contribution in [0.25, 0.3) is 0 Å². The molecule has 0 amide bonds. The van der Waals surface area contributed by atoms with Crippen LogP contribution in [0.2, 0.25) is 0 Å². The number of H-pyrrole nitrogens is 1. The van der Waals surface area contributed by atoms with Crippen LogP contribution in [0, 0.1) is 34.0 Å². The maximum absolute atomic E-state index is 9.32. The van der Waals surface area contributed by atoms with Crippen LogP contribution < -0.4 is 15.6 Å². The number of rotatable bonds is 4. The van der Waals surface area contributed by atoms with Gasteiger partial charge in [-0.1, -0.05) is 0 Å². The van der Waals surface area contributed by atoms with Gasteiger partial charge in [0, 0.05) is 5.56 Å². The summed E-state index contributed by atoms with van der Waals surface area (Å²) in [5.41, 5.74) is 6.70. The van der Waals surface area contributed by atoms with E-state index in [0.29, 0.717) is 30.0 Å². The number of nitrogens with two attached hydrogens (primary N) is 1. The molecule has 3 N–H and O–H groups in total. The Morgan fingerprint density at radius 2 is 1.68 bits per heavy atom. The summed E-state index contributed by atoms with van der Waals surface area (Å²) in [5, 5.41) is 27.3. The fourth-order valence-electron chi connectivity index (χ4n) is 1.96. The predicted molar refractivity (Wildman–Crippen MR) is 69.7 cm³/mol. The second-order valence-corrected chi connectivity index (χ2v) is 3.85. The van der Waals surface area contributed by atoms with Crippen LogP contribution in [0.4, 0.5) is 11.6 Å². The number of anilines is 2. The molecule has 6 nitrogen and oxygen atoms in total. The number of hydrogen-bond acceptors (Lipinski definition) is 5. The second kappa shape index (κ2) is 6.23. The van der Waals surface area contributed by atoms with Crippen molar-refractivity contribution >= 4 is 11.6 Å². The van der Waals surface area contributed by atoms with Gasteiger partial charge in [-0.3, -0.25) is 4.90 Å². The van der Waals surface area contributed by atoms with Gasteiger partial charge < -0.3 is 5.73 Å². The van der Waals surface area contributed by atoms with Crippen LogP contribution in [0.15, 0.2) is 0 Å². The highest BCUT2D eigenvalue weighted by molar-refractivity contribution is 5.64. The smallest absolute Gasteiger partial charge is 0.240 e. The van der Waals surface area contributed by atoms with Crippen LogP contribution >= 0.6 is 0 Å². The highest BCUT2D eigenvalue weighted by atomic mass is 15.2. The molecule has 0 aromatic carbocycles. The molecule has 0 bridgehead atoms. The van der Waals surface area contributed by atoms with E-state index in [4.69, 9.17) is 16.3 Å². The van der Waals surface area contributed by atoms with Gasteiger partial charge in [-0.2, -0.15) is 15.8 Å². The first-order valence-corrected chi connectivity index (χ1v) is 5.94. The molecule has 1 aromatic heterocycles. The molecule has 6 heteroatoms. The van der Waals surface area contributed by atoms with E-state index in [1.165, 1.54) is 0 Å². The summed E-state index contributed by atoms with van der Waals surface area (Å²) >= 11 is 0. The summed E-state index contributed by atoms with van der Waals surface area (Å²) in [7, 11) is 0. The van der Waals surface area contributed by atoms with Crippen molar-refractivity contribution in [2.75, 3.05) is 23.7 Å². The number of aromatic amines is 1. The van der Waals surface area contributed by atoms with E-state index in [0.717, 1.165) is 0 Å². The molecule has 0 fully saturated rings. The van der Waals surface area contributed by atoms with Crippen molar-refractivity contribution in [3.05, 3.63) is 16.7 Å². The van der Waals surface area contributed by atoms with Crippen LogP contribution in [-0.2, 0) is 6.42 Å². The zero-order valence-electron chi connectivity index (χ0n) is 11.0. The monoisotopic (exact) mass is 255 g/mol. The summed E-state index contributed by atoms with van der Waals surface area (Å²) in [4.78, 5) is 4.82. The van der Waals surface area contributed by atoms with Crippen LogP contribution in [0.1, 0.15) is 30.5 Å². The highest BCUT2D eigenvalue weighted by Crippen LogP contribution is 2.24. The molecule has 0 atom stereocenters. The van der Waals surface area contributed by atoms with Gasteiger partial charge in [-0.25, -0.2) is 4.98 Å². The van der Waals surface area contributed by atoms with Crippen molar-refractivity contribution in [1.29, 1.82) is 15.8 Å². The second-order valence-electron chi connectivity index (χ2n) is 3.85. The van der Waals surface area contributed by atoms with Gasteiger partial charge >= 0.3 is 0 Å². The minimum atomic E-state index is -0.0149. The minimum Gasteiger partial charge on any atom is -0.318 e. The predicted octanol–water partition coefficient (Wildman–Crippen LogP) is 0.739. The summed E-state index contributed by atoms with van der Waals surface area (Å²) in [5.74, 6) is 0.753. The van der Waals surface area contributed by atoms with Crippen LogP contribution in [0.3, 0.4) is 0 Å². The molecule has 0 spiro atoms. The van der Waals surface area contributed by atoms with Gasteiger partial charge in [0.1, 0.15) is 23.3 Å². The number of nitrogen functional groups attached to an aromatic ring is 1. The molecule has 1 rings (SSSR count). The van der Waals surface area contributed by atoms with E-state index in [-0.39, 0.29) is 17.8 Å². The number of aromatic nitrogens is 1. The third-order valence-corrected chi connectivity index (χ3v) is 2.92. The third kappa shape index (κ3) is 2.56. The van der Waals surface area contributed by atoms with Crippen LogP contribution in [0.5, 0.6) is 0 Å². The summed E-state index contributed by atoms with van der Waals surface area (Å²) in [6.07, 6.45) is -0.0149. The van der Waals surface area contributed by atoms with Crippen molar-refractivity contribution in [3.8, 4) is 18.2 Å². The SMILES string of the molecule is CCN(CC)c1[nH+]c(N)c(C#N)c(CC#N)c1C#N. The first-order valence-electron chi connectivity index (χ1n) is 5.94. The number of pyridine rings is 1. The van der Waals surface area contributed by atoms with Crippen molar-refractivity contribution < 1.29 is 4.98 Å². The molecule has 0 aliphatic heterocycles. The zero-order chi connectivity index (χ0) is 14.4. The Balaban J connectivity index is 3.65. The maximum atomic E-state index is 9.32. The molecular weight excluding hydrogens is 240 g/mol. The first kappa shape index (κ1) is 14.3. The molecule has 0 aliphatic rings. The highest BCUT2D eigenvalue weighted by Gasteiger charge is 2.24. The topological polar surface area (TPSA) is 115 Å².